The Balaban J connectivity index is 3.69. The predicted molar refractivity (Wildman–Crippen MR) is 46.1 cm³/mol. The summed E-state index contributed by atoms with van der Waals surface area (Å²) in [5.74, 6) is 0.371. The van der Waals surface area contributed by atoms with Crippen LogP contribution in [-0.2, 0) is 0 Å². The highest BCUT2D eigenvalue weighted by Gasteiger charge is 2.05. The van der Waals surface area contributed by atoms with Crippen LogP contribution in [0.4, 0.5) is 0 Å². The standard InChI is InChI=1S/C7H17N3O/c1-5(4-11)3-6(2)10-7(8)9/h5-6,11H,3-4H2,1-2H3,(H4,8,9,10). The lowest BCUT2D eigenvalue weighted by molar-refractivity contribution is 0.225. The van der Waals surface area contributed by atoms with E-state index < -0.39 is 0 Å². The van der Waals surface area contributed by atoms with Gasteiger partial charge in [-0.15, -0.1) is 0 Å². The Kier molecular flexibility index (Phi) is 4.61. The molecule has 0 saturated heterocycles. The molecule has 5 N–H and O–H groups in total. The molecular weight excluding hydrogens is 142 g/mol. The summed E-state index contributed by atoms with van der Waals surface area (Å²) in [4.78, 5) is 3.93. The van der Waals surface area contributed by atoms with E-state index >= 15 is 0 Å². The molecule has 0 aliphatic carbocycles. The van der Waals surface area contributed by atoms with E-state index in [2.05, 4.69) is 4.99 Å². The molecule has 0 spiro atoms. The number of hydrogen-bond donors (Lipinski definition) is 3. The third-order valence-corrected chi connectivity index (χ3v) is 1.42. The number of aliphatic imine (C=N–C) groups is 1. The van der Waals surface area contributed by atoms with Crippen molar-refractivity contribution in [3.63, 3.8) is 0 Å². The van der Waals surface area contributed by atoms with Gasteiger partial charge in [-0.3, -0.25) is 4.99 Å². The molecule has 4 heteroatoms. The van der Waals surface area contributed by atoms with E-state index in [9.17, 15) is 0 Å². The largest absolute Gasteiger partial charge is 0.396 e. The van der Waals surface area contributed by atoms with Gasteiger partial charge in [-0.1, -0.05) is 6.92 Å². The summed E-state index contributed by atoms with van der Waals surface area (Å²) >= 11 is 0. The highest BCUT2D eigenvalue weighted by atomic mass is 16.3. The molecule has 66 valence electrons. The van der Waals surface area contributed by atoms with Crippen molar-refractivity contribution in [1.82, 2.24) is 0 Å². The molecule has 0 heterocycles. The zero-order chi connectivity index (χ0) is 8.85. The Hall–Kier alpha value is -0.770. The summed E-state index contributed by atoms with van der Waals surface area (Å²) in [7, 11) is 0. The fraction of sp³-hybridized carbons (Fsp3) is 0.857. The van der Waals surface area contributed by atoms with Gasteiger partial charge in [0.25, 0.3) is 0 Å². The summed E-state index contributed by atoms with van der Waals surface area (Å²) < 4.78 is 0. The second kappa shape index (κ2) is 4.96. The van der Waals surface area contributed by atoms with Crippen molar-refractivity contribution < 1.29 is 5.11 Å². The molecule has 0 aromatic heterocycles. The molecule has 2 unspecified atom stereocenters. The summed E-state index contributed by atoms with van der Waals surface area (Å²) in [6.07, 6.45) is 0.814. The minimum atomic E-state index is 0.0992. The maximum atomic E-state index is 8.71. The van der Waals surface area contributed by atoms with Crippen LogP contribution in [0.2, 0.25) is 0 Å². The smallest absolute Gasteiger partial charge is 0.186 e. The molecule has 0 aliphatic rings. The summed E-state index contributed by atoms with van der Waals surface area (Å²) in [5, 5.41) is 8.71. The second-order valence-electron chi connectivity index (χ2n) is 2.93. The highest BCUT2D eigenvalue weighted by molar-refractivity contribution is 5.75. The van der Waals surface area contributed by atoms with Crippen molar-refractivity contribution in [2.24, 2.45) is 22.4 Å². The first-order chi connectivity index (χ1) is 5.06. The molecule has 0 amide bonds. The molecule has 11 heavy (non-hydrogen) atoms. The van der Waals surface area contributed by atoms with Crippen LogP contribution in [0, 0.1) is 5.92 Å². The minimum absolute atomic E-state index is 0.0992. The molecule has 0 fully saturated rings. The van der Waals surface area contributed by atoms with Gasteiger partial charge in [0.05, 0.1) is 6.04 Å². The number of aliphatic hydroxyl groups excluding tert-OH is 1. The van der Waals surface area contributed by atoms with E-state index in [-0.39, 0.29) is 24.5 Å². The second-order valence-corrected chi connectivity index (χ2v) is 2.93. The Bertz CT molecular complexity index is 132. The molecule has 0 aromatic rings. The highest BCUT2D eigenvalue weighted by Crippen LogP contribution is 2.06. The fourth-order valence-electron chi connectivity index (χ4n) is 0.964. The van der Waals surface area contributed by atoms with Crippen LogP contribution in [-0.4, -0.2) is 23.7 Å². The summed E-state index contributed by atoms with van der Waals surface area (Å²) in [5.41, 5.74) is 10.4. The molecule has 0 aromatic carbocycles. The van der Waals surface area contributed by atoms with Crippen molar-refractivity contribution in [2.75, 3.05) is 6.61 Å². The molecule has 4 nitrogen and oxygen atoms in total. The van der Waals surface area contributed by atoms with Gasteiger partial charge in [-0.2, -0.15) is 0 Å². The summed E-state index contributed by atoms with van der Waals surface area (Å²) in [6.45, 7) is 4.06. The Morgan fingerprint density at radius 2 is 2.00 bits per heavy atom. The van der Waals surface area contributed by atoms with Crippen LogP contribution in [0.25, 0.3) is 0 Å². The first-order valence-electron chi connectivity index (χ1n) is 3.75. The molecule has 0 rings (SSSR count). The first-order valence-corrected chi connectivity index (χ1v) is 3.75. The number of aliphatic hydroxyl groups is 1. The average molecular weight is 159 g/mol. The van der Waals surface area contributed by atoms with Crippen LogP contribution >= 0.6 is 0 Å². The molecule has 0 bridgehead atoms. The van der Waals surface area contributed by atoms with E-state index in [0.29, 0.717) is 0 Å². The van der Waals surface area contributed by atoms with Gasteiger partial charge >= 0.3 is 0 Å². The van der Waals surface area contributed by atoms with E-state index in [1.807, 2.05) is 13.8 Å². The topological polar surface area (TPSA) is 84.6 Å². The minimum Gasteiger partial charge on any atom is -0.396 e. The van der Waals surface area contributed by atoms with Crippen LogP contribution in [0.5, 0.6) is 0 Å². The van der Waals surface area contributed by atoms with Gasteiger partial charge < -0.3 is 16.6 Å². The SMILES string of the molecule is CC(CO)CC(C)N=C(N)N. The Labute approximate surface area is 67.3 Å². The molecular formula is C7H17N3O. The molecule has 2 atom stereocenters. The lowest BCUT2D eigenvalue weighted by atomic mass is 10.0. The van der Waals surface area contributed by atoms with Crippen molar-refractivity contribution in [2.45, 2.75) is 26.3 Å². The fourth-order valence-corrected chi connectivity index (χ4v) is 0.964. The predicted octanol–water partition coefficient (Wildman–Crippen LogP) is -0.333. The quantitative estimate of drug-likeness (QED) is 0.388. The van der Waals surface area contributed by atoms with E-state index in [1.165, 1.54) is 0 Å². The molecule has 0 aliphatic heterocycles. The van der Waals surface area contributed by atoms with Gasteiger partial charge in [-0.25, -0.2) is 0 Å². The van der Waals surface area contributed by atoms with Crippen LogP contribution in [0.3, 0.4) is 0 Å². The lowest BCUT2D eigenvalue weighted by Crippen LogP contribution is -2.25. The Morgan fingerprint density at radius 1 is 1.45 bits per heavy atom. The zero-order valence-electron chi connectivity index (χ0n) is 7.12. The van der Waals surface area contributed by atoms with Gasteiger partial charge in [-0.05, 0) is 19.3 Å². The number of guanidine groups is 1. The van der Waals surface area contributed by atoms with Crippen molar-refractivity contribution in [1.29, 1.82) is 0 Å². The van der Waals surface area contributed by atoms with Gasteiger partial charge in [0.2, 0.25) is 0 Å². The number of nitrogens with zero attached hydrogens (tertiary/aromatic N) is 1. The van der Waals surface area contributed by atoms with E-state index in [0.717, 1.165) is 6.42 Å². The van der Waals surface area contributed by atoms with Crippen molar-refractivity contribution >= 4 is 5.96 Å². The molecule has 0 saturated carbocycles. The average Bonchev–Trinajstić information content (AvgIpc) is 1.85. The zero-order valence-corrected chi connectivity index (χ0v) is 7.12. The van der Waals surface area contributed by atoms with Gasteiger partial charge in [0.15, 0.2) is 5.96 Å². The molecule has 0 radical (unpaired) electrons. The van der Waals surface area contributed by atoms with Crippen LogP contribution < -0.4 is 11.5 Å². The number of nitrogens with two attached hydrogens (primary N) is 2. The number of hydrogen-bond acceptors (Lipinski definition) is 2. The van der Waals surface area contributed by atoms with Crippen molar-refractivity contribution in [3.8, 4) is 0 Å². The summed E-state index contributed by atoms with van der Waals surface area (Å²) in [6, 6.07) is 0.0992. The Morgan fingerprint density at radius 3 is 2.36 bits per heavy atom. The van der Waals surface area contributed by atoms with Crippen LogP contribution in [0.15, 0.2) is 4.99 Å². The van der Waals surface area contributed by atoms with Crippen LogP contribution in [0.1, 0.15) is 20.3 Å². The maximum Gasteiger partial charge on any atom is 0.186 e. The lowest BCUT2D eigenvalue weighted by Gasteiger charge is -2.10. The third kappa shape index (κ3) is 5.66. The van der Waals surface area contributed by atoms with Crippen molar-refractivity contribution in [3.05, 3.63) is 0 Å². The number of rotatable bonds is 4. The first kappa shape index (κ1) is 10.2. The third-order valence-electron chi connectivity index (χ3n) is 1.42. The van der Waals surface area contributed by atoms with Gasteiger partial charge in [0, 0.05) is 6.61 Å². The maximum absolute atomic E-state index is 8.71. The monoisotopic (exact) mass is 159 g/mol. The van der Waals surface area contributed by atoms with E-state index in [4.69, 9.17) is 16.6 Å². The van der Waals surface area contributed by atoms with Gasteiger partial charge in [0.1, 0.15) is 0 Å². The van der Waals surface area contributed by atoms with E-state index in [1.54, 1.807) is 0 Å². The normalized spacial score (nSPS) is 15.5.